The number of hydrogen-bond donors (Lipinski definition) is 1. The highest BCUT2D eigenvalue weighted by molar-refractivity contribution is 5.79. The van der Waals surface area contributed by atoms with Gasteiger partial charge in [0.25, 0.3) is 0 Å². The van der Waals surface area contributed by atoms with Crippen molar-refractivity contribution in [2.45, 2.75) is 18.9 Å². The van der Waals surface area contributed by atoms with E-state index in [-0.39, 0.29) is 11.9 Å². The highest BCUT2D eigenvalue weighted by Crippen LogP contribution is 2.27. The van der Waals surface area contributed by atoms with Crippen molar-refractivity contribution in [1.29, 1.82) is 0 Å². The van der Waals surface area contributed by atoms with Crippen LogP contribution >= 0.6 is 0 Å². The number of fused-ring (bicyclic) bond motifs is 1. The Kier molecular flexibility index (Phi) is 4.17. The Labute approximate surface area is 141 Å². The van der Waals surface area contributed by atoms with Gasteiger partial charge in [-0.3, -0.25) is 9.78 Å². The van der Waals surface area contributed by atoms with Crippen LogP contribution in [0, 0.1) is 0 Å². The first kappa shape index (κ1) is 15.1. The zero-order chi connectivity index (χ0) is 16.4. The highest BCUT2D eigenvalue weighted by atomic mass is 16.5. The molecule has 3 heterocycles. The second-order valence-electron chi connectivity index (χ2n) is 6.30. The van der Waals surface area contributed by atoms with Gasteiger partial charge in [0.2, 0.25) is 5.91 Å². The van der Waals surface area contributed by atoms with Crippen LogP contribution in [0.3, 0.4) is 0 Å². The zero-order valence-electron chi connectivity index (χ0n) is 13.6. The van der Waals surface area contributed by atoms with E-state index in [1.165, 1.54) is 5.56 Å². The lowest BCUT2D eigenvalue weighted by atomic mass is 10.0. The van der Waals surface area contributed by atoms with E-state index in [9.17, 15) is 4.79 Å². The SMILES string of the molecule is O=C(Cc1ccc2c(c1)CCO2)N1CCNCC1c1ccncc1. The van der Waals surface area contributed by atoms with E-state index in [4.69, 9.17) is 4.74 Å². The minimum Gasteiger partial charge on any atom is -0.493 e. The fourth-order valence-electron chi connectivity index (χ4n) is 3.51. The van der Waals surface area contributed by atoms with E-state index < -0.39 is 0 Å². The van der Waals surface area contributed by atoms with Gasteiger partial charge in [0.05, 0.1) is 19.1 Å². The van der Waals surface area contributed by atoms with Gasteiger partial charge >= 0.3 is 0 Å². The van der Waals surface area contributed by atoms with Crippen LogP contribution in [-0.4, -0.2) is 42.0 Å². The van der Waals surface area contributed by atoms with Gasteiger partial charge in [0.15, 0.2) is 0 Å². The minimum atomic E-state index is 0.0759. The van der Waals surface area contributed by atoms with Crippen LogP contribution in [0.25, 0.3) is 0 Å². The van der Waals surface area contributed by atoms with Gasteiger partial charge in [0, 0.05) is 38.4 Å². The van der Waals surface area contributed by atoms with Crippen LogP contribution in [0.15, 0.2) is 42.7 Å². The summed E-state index contributed by atoms with van der Waals surface area (Å²) in [7, 11) is 0. The lowest BCUT2D eigenvalue weighted by Gasteiger charge is -2.36. The number of carbonyl (C=O) groups excluding carboxylic acids is 1. The van der Waals surface area contributed by atoms with Crippen molar-refractivity contribution in [3.63, 3.8) is 0 Å². The number of carbonyl (C=O) groups is 1. The number of rotatable bonds is 3. The van der Waals surface area contributed by atoms with E-state index >= 15 is 0 Å². The number of aromatic nitrogens is 1. The number of piperazine rings is 1. The largest absolute Gasteiger partial charge is 0.493 e. The summed E-state index contributed by atoms with van der Waals surface area (Å²) >= 11 is 0. The predicted molar refractivity (Wildman–Crippen MR) is 90.9 cm³/mol. The molecule has 124 valence electrons. The number of nitrogens with zero attached hydrogens (tertiary/aromatic N) is 2. The molecule has 1 N–H and O–H groups in total. The second kappa shape index (κ2) is 6.61. The first-order valence-corrected chi connectivity index (χ1v) is 8.46. The van der Waals surface area contributed by atoms with Crippen molar-refractivity contribution >= 4 is 5.91 Å². The number of hydrogen-bond acceptors (Lipinski definition) is 4. The Balaban J connectivity index is 1.51. The monoisotopic (exact) mass is 323 g/mol. The minimum absolute atomic E-state index is 0.0759. The average molecular weight is 323 g/mol. The maximum Gasteiger partial charge on any atom is 0.227 e. The Morgan fingerprint density at radius 3 is 3.04 bits per heavy atom. The van der Waals surface area contributed by atoms with Crippen molar-refractivity contribution in [3.05, 3.63) is 59.4 Å². The zero-order valence-corrected chi connectivity index (χ0v) is 13.6. The molecule has 2 aliphatic rings. The van der Waals surface area contributed by atoms with Crippen molar-refractivity contribution in [2.75, 3.05) is 26.2 Å². The molecule has 1 atom stereocenters. The standard InChI is InChI=1S/C19H21N3O2/c23-19(12-14-1-2-18-16(11-14)5-10-24-18)22-9-8-21-13-17(22)15-3-6-20-7-4-15/h1-4,6-7,11,17,21H,5,8-10,12-13H2. The fourth-order valence-corrected chi connectivity index (χ4v) is 3.51. The van der Waals surface area contributed by atoms with Crippen molar-refractivity contribution in [2.24, 2.45) is 0 Å². The van der Waals surface area contributed by atoms with Gasteiger partial charge in [-0.1, -0.05) is 12.1 Å². The number of pyridine rings is 1. The van der Waals surface area contributed by atoms with Crippen LogP contribution in [0.2, 0.25) is 0 Å². The third-order valence-corrected chi connectivity index (χ3v) is 4.76. The first-order chi connectivity index (χ1) is 11.8. The Bertz CT molecular complexity index is 733. The number of benzene rings is 1. The van der Waals surface area contributed by atoms with Gasteiger partial charge in [-0.25, -0.2) is 0 Å². The van der Waals surface area contributed by atoms with Gasteiger partial charge in [-0.2, -0.15) is 0 Å². The Hall–Kier alpha value is -2.40. The summed E-state index contributed by atoms with van der Waals surface area (Å²) in [6, 6.07) is 10.2. The van der Waals surface area contributed by atoms with Gasteiger partial charge < -0.3 is 15.0 Å². The molecule has 2 aromatic rings. The molecule has 0 aliphatic carbocycles. The Morgan fingerprint density at radius 1 is 1.29 bits per heavy atom. The predicted octanol–water partition coefficient (Wildman–Crippen LogP) is 1.73. The van der Waals surface area contributed by atoms with E-state index in [0.717, 1.165) is 49.5 Å². The van der Waals surface area contributed by atoms with Crippen LogP contribution in [0.1, 0.15) is 22.7 Å². The normalized spacial score (nSPS) is 19.7. The molecule has 1 fully saturated rings. The summed E-state index contributed by atoms with van der Waals surface area (Å²) in [6.45, 7) is 3.10. The molecule has 4 rings (SSSR count). The summed E-state index contributed by atoms with van der Waals surface area (Å²) in [5.74, 6) is 1.14. The molecule has 1 saturated heterocycles. The topological polar surface area (TPSA) is 54.5 Å². The van der Waals surface area contributed by atoms with Crippen molar-refractivity contribution in [3.8, 4) is 5.75 Å². The molecule has 5 nitrogen and oxygen atoms in total. The molecular formula is C19H21N3O2. The molecule has 1 amide bonds. The van der Waals surface area contributed by atoms with Crippen molar-refractivity contribution in [1.82, 2.24) is 15.2 Å². The van der Waals surface area contributed by atoms with Crippen LogP contribution < -0.4 is 10.1 Å². The van der Waals surface area contributed by atoms with Gasteiger partial charge in [-0.05, 0) is 34.9 Å². The van der Waals surface area contributed by atoms with Gasteiger partial charge in [-0.15, -0.1) is 0 Å². The molecule has 1 aromatic carbocycles. The molecule has 2 aliphatic heterocycles. The summed E-state index contributed by atoms with van der Waals surface area (Å²) < 4.78 is 5.54. The summed E-state index contributed by atoms with van der Waals surface area (Å²) in [6.07, 6.45) is 4.94. The number of amides is 1. The molecule has 0 spiro atoms. The van der Waals surface area contributed by atoms with Crippen molar-refractivity contribution < 1.29 is 9.53 Å². The lowest BCUT2D eigenvalue weighted by Crippen LogP contribution is -2.49. The first-order valence-electron chi connectivity index (χ1n) is 8.46. The summed E-state index contributed by atoms with van der Waals surface area (Å²) in [5.41, 5.74) is 3.41. The number of nitrogens with one attached hydrogen (secondary N) is 1. The third-order valence-electron chi connectivity index (χ3n) is 4.76. The van der Waals surface area contributed by atoms with Crippen LogP contribution in [0.5, 0.6) is 5.75 Å². The van der Waals surface area contributed by atoms with Gasteiger partial charge in [0.1, 0.15) is 5.75 Å². The molecule has 1 unspecified atom stereocenters. The second-order valence-corrected chi connectivity index (χ2v) is 6.30. The lowest BCUT2D eigenvalue weighted by molar-refractivity contribution is -0.133. The summed E-state index contributed by atoms with van der Waals surface area (Å²) in [5, 5.41) is 3.39. The molecule has 24 heavy (non-hydrogen) atoms. The van der Waals surface area contributed by atoms with E-state index in [0.29, 0.717) is 6.42 Å². The average Bonchev–Trinajstić information content (AvgIpc) is 3.10. The van der Waals surface area contributed by atoms with E-state index in [1.807, 2.05) is 29.2 Å². The smallest absolute Gasteiger partial charge is 0.227 e. The van der Waals surface area contributed by atoms with E-state index in [1.54, 1.807) is 12.4 Å². The molecule has 0 radical (unpaired) electrons. The molecule has 1 aromatic heterocycles. The molecular weight excluding hydrogens is 302 g/mol. The Morgan fingerprint density at radius 2 is 2.17 bits per heavy atom. The highest BCUT2D eigenvalue weighted by Gasteiger charge is 2.28. The summed E-state index contributed by atoms with van der Waals surface area (Å²) in [4.78, 5) is 19.0. The molecule has 0 saturated carbocycles. The van der Waals surface area contributed by atoms with Crippen LogP contribution in [0.4, 0.5) is 0 Å². The fraction of sp³-hybridized carbons (Fsp3) is 0.368. The maximum absolute atomic E-state index is 12.9. The van der Waals surface area contributed by atoms with E-state index in [2.05, 4.69) is 16.4 Å². The third kappa shape index (κ3) is 2.99. The molecule has 5 heteroatoms. The number of ether oxygens (including phenoxy) is 1. The molecule has 0 bridgehead atoms. The maximum atomic E-state index is 12.9. The van der Waals surface area contributed by atoms with Crippen LogP contribution in [-0.2, 0) is 17.6 Å². The quantitative estimate of drug-likeness (QED) is 0.935.